The second-order valence-electron chi connectivity index (χ2n) is 11.1. The van der Waals surface area contributed by atoms with Gasteiger partial charge in [0.15, 0.2) is 11.6 Å². The minimum Gasteiger partial charge on any atom is -0.481 e. The van der Waals surface area contributed by atoms with Crippen molar-refractivity contribution in [3.05, 3.63) is 101 Å². The van der Waals surface area contributed by atoms with Gasteiger partial charge in [-0.3, -0.25) is 9.59 Å². The van der Waals surface area contributed by atoms with Crippen LogP contribution in [0.3, 0.4) is 0 Å². The van der Waals surface area contributed by atoms with Crippen LogP contribution in [0.1, 0.15) is 60.4 Å². The number of aliphatic carboxylic acids is 1. The second-order valence-corrected chi connectivity index (χ2v) is 11.1. The van der Waals surface area contributed by atoms with E-state index in [4.69, 9.17) is 9.84 Å². The quantitative estimate of drug-likeness (QED) is 0.177. The highest BCUT2D eigenvalue weighted by molar-refractivity contribution is 5.86. The van der Waals surface area contributed by atoms with Crippen molar-refractivity contribution < 1.29 is 28.2 Å². The van der Waals surface area contributed by atoms with E-state index in [0.29, 0.717) is 29.9 Å². The summed E-state index contributed by atoms with van der Waals surface area (Å²) >= 11 is 0. The molecule has 0 fully saturated rings. The van der Waals surface area contributed by atoms with Crippen molar-refractivity contribution in [3.8, 4) is 22.9 Å². The minimum atomic E-state index is -0.857. The van der Waals surface area contributed by atoms with Crippen LogP contribution in [-0.2, 0) is 22.4 Å². The molecule has 0 radical (unpaired) electrons. The van der Waals surface area contributed by atoms with Gasteiger partial charge in [-0.15, -0.1) is 0 Å². The smallest absolute Gasteiger partial charge is 0.303 e. The van der Waals surface area contributed by atoms with Crippen LogP contribution in [-0.4, -0.2) is 38.5 Å². The molecule has 0 spiro atoms. The molecule has 0 aliphatic carbocycles. The lowest BCUT2D eigenvalue weighted by atomic mass is 9.89. The molecule has 44 heavy (non-hydrogen) atoms. The Kier molecular flexibility index (Phi) is 8.40. The van der Waals surface area contributed by atoms with Gasteiger partial charge < -0.3 is 25.1 Å². The number of aromatic nitrogens is 3. The van der Waals surface area contributed by atoms with E-state index in [1.54, 1.807) is 12.4 Å². The molecule has 4 bridgehead atoms. The Hall–Kier alpha value is -4.99. The highest BCUT2D eigenvalue weighted by Gasteiger charge is 2.22. The topological polar surface area (TPSA) is 120 Å². The molecule has 4 N–H and O–H groups in total. The summed E-state index contributed by atoms with van der Waals surface area (Å²) in [6.07, 6.45) is 6.48. The molecule has 1 aliphatic rings. The molecule has 10 heteroatoms. The van der Waals surface area contributed by atoms with E-state index in [1.807, 2.05) is 30.3 Å². The van der Waals surface area contributed by atoms with Gasteiger partial charge in [0.05, 0.1) is 5.56 Å². The molecule has 226 valence electrons. The van der Waals surface area contributed by atoms with Crippen LogP contribution in [0.2, 0.25) is 0 Å². The van der Waals surface area contributed by atoms with Crippen LogP contribution in [0.15, 0.2) is 67.0 Å². The van der Waals surface area contributed by atoms with Crippen molar-refractivity contribution in [3.63, 3.8) is 0 Å². The van der Waals surface area contributed by atoms with Crippen molar-refractivity contribution in [1.82, 2.24) is 20.3 Å². The van der Waals surface area contributed by atoms with Gasteiger partial charge in [-0.2, -0.15) is 0 Å². The first-order valence-corrected chi connectivity index (χ1v) is 14.7. The van der Waals surface area contributed by atoms with Gasteiger partial charge in [-0.25, -0.2) is 13.8 Å². The fourth-order valence-electron chi connectivity index (χ4n) is 5.85. The van der Waals surface area contributed by atoms with Crippen LogP contribution < -0.4 is 10.1 Å². The standard InChI is InChI=1S/C34H32F2N4O4/c35-27-10-8-22-17-26(27)34-39-19-30(40-34)23(21-5-3-4-20(16-21)7-12-32(42)43)6-1-2-14-38-31(41)11-9-25-24-13-15-37-29(24)18-28(36)33(25)44-22/h3-5,8,10,13,15-19,23,37H,1-2,6-7,9,11-12,14H2,(H,38,41)(H,39,40)(H,42,43). The number of hydrogen-bond donors (Lipinski definition) is 4. The minimum absolute atomic E-state index is 0.00782. The fraction of sp³-hybridized carbons (Fsp3) is 0.265. The van der Waals surface area contributed by atoms with Crippen LogP contribution in [0.25, 0.3) is 22.3 Å². The third-order valence-electron chi connectivity index (χ3n) is 8.07. The summed E-state index contributed by atoms with van der Waals surface area (Å²) in [5.74, 6) is -1.70. The zero-order valence-corrected chi connectivity index (χ0v) is 24.0. The molecule has 3 aromatic carbocycles. The van der Waals surface area contributed by atoms with E-state index in [9.17, 15) is 9.59 Å². The predicted octanol–water partition coefficient (Wildman–Crippen LogP) is 7.01. The first-order valence-electron chi connectivity index (χ1n) is 14.7. The summed E-state index contributed by atoms with van der Waals surface area (Å²) in [6, 6.07) is 15.2. The highest BCUT2D eigenvalue weighted by Crippen LogP contribution is 2.37. The van der Waals surface area contributed by atoms with Crippen molar-refractivity contribution in [2.75, 3.05) is 6.54 Å². The Balaban J connectivity index is 1.39. The lowest BCUT2D eigenvalue weighted by Crippen LogP contribution is -2.24. The molecule has 8 nitrogen and oxygen atoms in total. The lowest BCUT2D eigenvalue weighted by molar-refractivity contribution is -0.137. The molecule has 1 amide bonds. The third-order valence-corrected chi connectivity index (χ3v) is 8.07. The van der Waals surface area contributed by atoms with Gasteiger partial charge >= 0.3 is 5.97 Å². The van der Waals surface area contributed by atoms with Gasteiger partial charge in [0, 0.05) is 65.9 Å². The number of amides is 1. The molecule has 3 heterocycles. The average molecular weight is 599 g/mol. The molecule has 6 rings (SSSR count). The number of halogens is 2. The zero-order valence-electron chi connectivity index (χ0n) is 24.0. The Morgan fingerprint density at radius 3 is 2.80 bits per heavy atom. The molecule has 1 atom stereocenters. The molecule has 2 aromatic heterocycles. The first kappa shape index (κ1) is 29.1. The van der Waals surface area contributed by atoms with Gasteiger partial charge in [-0.05, 0) is 61.1 Å². The Morgan fingerprint density at radius 1 is 1.05 bits per heavy atom. The summed E-state index contributed by atoms with van der Waals surface area (Å²) < 4.78 is 36.6. The number of carbonyl (C=O) groups is 2. The van der Waals surface area contributed by atoms with E-state index >= 15 is 8.78 Å². The number of hydrogen-bond acceptors (Lipinski definition) is 4. The Morgan fingerprint density at radius 2 is 1.93 bits per heavy atom. The fourth-order valence-corrected chi connectivity index (χ4v) is 5.85. The van der Waals surface area contributed by atoms with E-state index in [2.05, 4.69) is 20.3 Å². The van der Waals surface area contributed by atoms with Crippen LogP contribution in [0, 0.1) is 11.6 Å². The summed E-state index contributed by atoms with van der Waals surface area (Å²) in [5.41, 5.74) is 4.00. The number of carbonyl (C=O) groups excluding carboxylic acids is 1. The van der Waals surface area contributed by atoms with E-state index in [1.165, 1.54) is 24.3 Å². The monoisotopic (exact) mass is 598 g/mol. The maximum Gasteiger partial charge on any atom is 0.303 e. The van der Waals surface area contributed by atoms with E-state index in [-0.39, 0.29) is 48.2 Å². The number of ether oxygens (including phenoxy) is 1. The molecular formula is C34H32F2N4O4. The zero-order chi connectivity index (χ0) is 30.6. The number of imidazole rings is 1. The SMILES string of the molecule is O=C(O)CCc1cccc(C2CCCCNC(=O)CCc3c(c(F)cc4[nH]ccc34)Oc3ccc(F)c(c3)-c3ncc2[nH]3)c1. The Bertz CT molecular complexity index is 1830. The van der Waals surface area contributed by atoms with Crippen molar-refractivity contribution >= 4 is 22.8 Å². The largest absolute Gasteiger partial charge is 0.481 e. The molecule has 0 saturated carbocycles. The van der Waals surface area contributed by atoms with Crippen molar-refractivity contribution in [2.24, 2.45) is 0 Å². The number of nitrogens with zero attached hydrogens (tertiary/aromatic N) is 1. The number of carboxylic acids is 1. The van der Waals surface area contributed by atoms with Gasteiger partial charge in [0.2, 0.25) is 5.91 Å². The molecule has 5 aromatic rings. The van der Waals surface area contributed by atoms with Gasteiger partial charge in [0.1, 0.15) is 17.4 Å². The molecular weight excluding hydrogens is 566 g/mol. The summed E-state index contributed by atoms with van der Waals surface area (Å²) in [6.45, 7) is 0.486. The maximum absolute atomic E-state index is 15.4. The first-order chi connectivity index (χ1) is 21.4. The summed E-state index contributed by atoms with van der Waals surface area (Å²) in [4.78, 5) is 34.7. The predicted molar refractivity (Wildman–Crippen MR) is 162 cm³/mol. The molecule has 1 aliphatic heterocycles. The average Bonchev–Trinajstić information content (AvgIpc) is 3.68. The van der Waals surface area contributed by atoms with E-state index < -0.39 is 17.6 Å². The number of nitrogens with one attached hydrogen (secondary N) is 3. The second kappa shape index (κ2) is 12.7. The van der Waals surface area contributed by atoms with Crippen molar-refractivity contribution in [1.29, 1.82) is 0 Å². The number of fused-ring (bicyclic) bond motifs is 8. The number of carboxylic acid groups (broad SMARTS) is 1. The summed E-state index contributed by atoms with van der Waals surface area (Å²) in [7, 11) is 0. The van der Waals surface area contributed by atoms with Gasteiger partial charge in [0.25, 0.3) is 0 Å². The highest BCUT2D eigenvalue weighted by atomic mass is 19.1. The van der Waals surface area contributed by atoms with Crippen LogP contribution >= 0.6 is 0 Å². The number of aryl methyl sites for hydroxylation is 2. The van der Waals surface area contributed by atoms with E-state index in [0.717, 1.165) is 41.5 Å². The normalized spacial score (nSPS) is 16.0. The lowest BCUT2D eigenvalue weighted by Gasteiger charge is -2.18. The number of benzene rings is 3. The number of H-pyrrole nitrogens is 2. The number of rotatable bonds is 4. The number of aromatic amines is 2. The van der Waals surface area contributed by atoms with Crippen LogP contribution in [0.4, 0.5) is 8.78 Å². The van der Waals surface area contributed by atoms with Crippen LogP contribution in [0.5, 0.6) is 11.5 Å². The summed E-state index contributed by atoms with van der Waals surface area (Å²) in [5, 5.41) is 12.9. The molecule has 0 saturated heterocycles. The third kappa shape index (κ3) is 6.34. The maximum atomic E-state index is 15.4. The Labute approximate surface area is 252 Å². The van der Waals surface area contributed by atoms with Gasteiger partial charge in [-0.1, -0.05) is 30.7 Å². The van der Waals surface area contributed by atoms with Crippen molar-refractivity contribution in [2.45, 2.75) is 50.9 Å². The molecule has 1 unspecified atom stereocenters.